The molecule has 5 atom stereocenters. The summed E-state index contributed by atoms with van der Waals surface area (Å²) >= 11 is 0. The van der Waals surface area contributed by atoms with E-state index in [-0.39, 0.29) is 36.0 Å². The summed E-state index contributed by atoms with van der Waals surface area (Å²) in [5.41, 5.74) is 3.02. The third-order valence-electron chi connectivity index (χ3n) is 9.57. The van der Waals surface area contributed by atoms with Gasteiger partial charge in [0.1, 0.15) is 29.7 Å². The van der Waals surface area contributed by atoms with E-state index in [9.17, 15) is 24.6 Å². The van der Waals surface area contributed by atoms with Crippen molar-refractivity contribution in [2.24, 2.45) is 5.92 Å². The number of nitrogens with one attached hydrogen (secondary N) is 3. The molecule has 2 aromatic carbocycles. The highest BCUT2D eigenvalue weighted by Gasteiger charge is 2.39. The van der Waals surface area contributed by atoms with Gasteiger partial charge in [-0.25, -0.2) is 0 Å². The lowest BCUT2D eigenvalue weighted by molar-refractivity contribution is -0.146. The van der Waals surface area contributed by atoms with Crippen LogP contribution in [0, 0.1) is 5.92 Å². The third-order valence-corrected chi connectivity index (χ3v) is 9.57. The fourth-order valence-electron chi connectivity index (χ4n) is 7.07. The maximum Gasteiger partial charge on any atom is 0.246 e. The number of rotatable bonds is 4. The van der Waals surface area contributed by atoms with E-state index in [1.54, 1.807) is 19.2 Å². The Balaban J connectivity index is 1.45. The van der Waals surface area contributed by atoms with E-state index in [4.69, 9.17) is 4.74 Å². The molecule has 2 bridgehead atoms. The molecule has 3 aliphatic rings. The lowest BCUT2D eigenvalue weighted by Crippen LogP contribution is -2.61. The predicted octanol–water partition coefficient (Wildman–Crippen LogP) is 2.62. The van der Waals surface area contributed by atoms with Crippen LogP contribution >= 0.6 is 0 Å². The van der Waals surface area contributed by atoms with Crippen LogP contribution in [-0.2, 0) is 33.6 Å². The molecule has 1 saturated carbocycles. The Morgan fingerprint density at radius 2 is 1.64 bits per heavy atom. The van der Waals surface area contributed by atoms with Crippen molar-refractivity contribution >= 4 is 17.7 Å². The molecule has 3 amide bonds. The first kappa shape index (κ1) is 32.8. The molecule has 0 radical (unpaired) electrons. The van der Waals surface area contributed by atoms with Crippen LogP contribution in [0.4, 0.5) is 0 Å². The highest BCUT2D eigenvalue weighted by Crippen LogP contribution is 2.33. The van der Waals surface area contributed by atoms with Crippen molar-refractivity contribution in [1.29, 1.82) is 0 Å². The number of nitrogens with zero attached hydrogens (tertiary/aromatic N) is 1. The second kappa shape index (κ2) is 15.1. The number of aliphatic hydroxyl groups is 1. The van der Waals surface area contributed by atoms with Gasteiger partial charge in [0.25, 0.3) is 0 Å². The number of aryl methyl sites for hydroxylation is 2. The van der Waals surface area contributed by atoms with Crippen molar-refractivity contribution in [1.82, 2.24) is 20.9 Å². The van der Waals surface area contributed by atoms with Gasteiger partial charge in [0, 0.05) is 26.6 Å². The molecule has 5 N–H and O–H groups in total. The van der Waals surface area contributed by atoms with Crippen molar-refractivity contribution < 1.29 is 29.3 Å². The van der Waals surface area contributed by atoms with Gasteiger partial charge in [0.05, 0.1) is 12.1 Å². The lowest BCUT2D eigenvalue weighted by atomic mass is 9.83. The summed E-state index contributed by atoms with van der Waals surface area (Å²) in [7, 11) is 1.56. The summed E-state index contributed by atoms with van der Waals surface area (Å²) in [6, 6.07) is 10.0. The largest absolute Gasteiger partial charge is 0.508 e. The molecule has 1 aliphatic carbocycles. The molecular formula is C35H48N4O6. The Morgan fingerprint density at radius 1 is 0.933 bits per heavy atom. The fraction of sp³-hybridized carbons (Fsp3) is 0.571. The lowest BCUT2D eigenvalue weighted by Gasteiger charge is -2.38. The summed E-state index contributed by atoms with van der Waals surface area (Å²) in [6.45, 7) is 2.39. The number of carbonyl (C=O) groups excluding carboxylic acids is 3. The normalized spacial score (nSPS) is 26.6. The number of amides is 3. The van der Waals surface area contributed by atoms with E-state index in [0.717, 1.165) is 68.2 Å². The number of hydrogen-bond acceptors (Lipinski definition) is 7. The zero-order valence-electron chi connectivity index (χ0n) is 26.5. The number of aliphatic hydroxyl groups excluding tert-OH is 1. The minimum atomic E-state index is -1.19. The zero-order chi connectivity index (χ0) is 31.9. The van der Waals surface area contributed by atoms with Gasteiger partial charge < -0.3 is 35.8 Å². The van der Waals surface area contributed by atoms with Gasteiger partial charge in [-0.05, 0) is 80.2 Å². The molecule has 45 heavy (non-hydrogen) atoms. The average molecular weight is 621 g/mol. The van der Waals surface area contributed by atoms with Gasteiger partial charge >= 0.3 is 0 Å². The first-order valence-corrected chi connectivity index (χ1v) is 16.5. The molecule has 2 unspecified atom stereocenters. The van der Waals surface area contributed by atoms with Gasteiger partial charge in [-0.1, -0.05) is 49.6 Å². The number of fused-ring (bicyclic) bond motifs is 1. The molecule has 1 fully saturated rings. The Morgan fingerprint density at radius 3 is 2.36 bits per heavy atom. The Labute approximate surface area is 265 Å². The van der Waals surface area contributed by atoms with Gasteiger partial charge in [0.2, 0.25) is 17.7 Å². The van der Waals surface area contributed by atoms with E-state index in [0.29, 0.717) is 19.5 Å². The molecule has 5 rings (SSSR count). The van der Waals surface area contributed by atoms with E-state index in [2.05, 4.69) is 34.1 Å². The molecule has 244 valence electrons. The number of phenols is 1. The Kier molecular flexibility index (Phi) is 11.0. The van der Waals surface area contributed by atoms with Crippen LogP contribution in [0.2, 0.25) is 0 Å². The van der Waals surface area contributed by atoms with Gasteiger partial charge in [0.15, 0.2) is 0 Å². The summed E-state index contributed by atoms with van der Waals surface area (Å²) < 4.78 is 6.55. The molecule has 2 heterocycles. The minimum absolute atomic E-state index is 0.0991. The maximum atomic E-state index is 14.2. The molecule has 10 heteroatoms. The van der Waals surface area contributed by atoms with Crippen LogP contribution in [0.5, 0.6) is 11.5 Å². The summed E-state index contributed by atoms with van der Waals surface area (Å²) in [5, 5.41) is 29.9. The van der Waals surface area contributed by atoms with Crippen LogP contribution in [-0.4, -0.2) is 83.3 Å². The first-order valence-electron chi connectivity index (χ1n) is 16.5. The van der Waals surface area contributed by atoms with Crippen LogP contribution < -0.4 is 20.7 Å². The van der Waals surface area contributed by atoms with Crippen molar-refractivity contribution in [3.05, 3.63) is 59.2 Å². The highest BCUT2D eigenvalue weighted by atomic mass is 16.5. The van der Waals surface area contributed by atoms with Crippen molar-refractivity contribution in [2.45, 2.75) is 101 Å². The zero-order valence-corrected chi connectivity index (χ0v) is 26.5. The van der Waals surface area contributed by atoms with Crippen LogP contribution in [0.3, 0.4) is 0 Å². The molecule has 2 aromatic rings. The average Bonchev–Trinajstić information content (AvgIpc) is 3.03. The van der Waals surface area contributed by atoms with E-state index in [1.165, 1.54) is 29.5 Å². The number of likely N-dealkylation sites (N-methyl/N-ethyl adjacent to an activating group) is 1. The number of ether oxygens (including phenoxy) is 1. The monoisotopic (exact) mass is 620 g/mol. The van der Waals surface area contributed by atoms with Crippen molar-refractivity contribution in [3.8, 4) is 11.5 Å². The number of para-hydroxylation sites is 1. The predicted molar refractivity (Wildman–Crippen MR) is 171 cm³/mol. The first-order chi connectivity index (χ1) is 21.7. The van der Waals surface area contributed by atoms with Gasteiger partial charge in [-0.3, -0.25) is 14.4 Å². The van der Waals surface area contributed by atoms with Crippen molar-refractivity contribution in [3.63, 3.8) is 0 Å². The molecule has 10 nitrogen and oxygen atoms in total. The van der Waals surface area contributed by atoms with Crippen molar-refractivity contribution in [2.75, 3.05) is 20.1 Å². The smallest absolute Gasteiger partial charge is 0.246 e. The topological polar surface area (TPSA) is 140 Å². The quantitative estimate of drug-likeness (QED) is 0.354. The maximum absolute atomic E-state index is 14.2. The highest BCUT2D eigenvalue weighted by molar-refractivity contribution is 5.93. The van der Waals surface area contributed by atoms with Crippen LogP contribution in [0.25, 0.3) is 0 Å². The third kappa shape index (κ3) is 8.16. The standard InChI is InChI=1S/C35H48N4O6/c1-22(40)31-34(43)38-29(20-23-13-16-27(41)17-14-23)33(42)36-19-7-12-25-10-6-11-26-15-18-28(45-32(25)26)21-37-30(35(44)39(31)2)24-8-4-3-5-9-24/h6,10-11,13-14,16-17,22,24,28-31,37,40-41H,3-5,7-9,12,15,18-21H2,1-2H3,(H,36,42)(H,38,43)/t22?,28?,29-,30+,31+/m1/s1. The minimum Gasteiger partial charge on any atom is -0.508 e. The molecule has 0 spiro atoms. The van der Waals surface area contributed by atoms with Crippen LogP contribution in [0.1, 0.15) is 68.6 Å². The van der Waals surface area contributed by atoms with E-state index in [1.807, 2.05) is 0 Å². The second-order valence-electron chi connectivity index (χ2n) is 12.9. The second-order valence-corrected chi connectivity index (χ2v) is 12.9. The Hall–Kier alpha value is -3.63. The molecule has 0 saturated heterocycles. The summed E-state index contributed by atoms with van der Waals surface area (Å²) in [5.74, 6) is -0.0839. The number of aromatic hydroxyl groups is 1. The summed E-state index contributed by atoms with van der Waals surface area (Å²) in [4.78, 5) is 42.9. The summed E-state index contributed by atoms with van der Waals surface area (Å²) in [6.07, 6.45) is 7.09. The number of carbonyl (C=O) groups is 3. The molecular weight excluding hydrogens is 572 g/mol. The van der Waals surface area contributed by atoms with E-state index >= 15 is 0 Å². The number of hydrogen-bond donors (Lipinski definition) is 5. The number of benzene rings is 2. The van der Waals surface area contributed by atoms with Gasteiger partial charge in [-0.2, -0.15) is 0 Å². The Bertz CT molecular complexity index is 1330. The molecule has 2 aliphatic heterocycles. The van der Waals surface area contributed by atoms with Crippen LogP contribution in [0.15, 0.2) is 42.5 Å². The van der Waals surface area contributed by atoms with E-state index < -0.39 is 30.1 Å². The van der Waals surface area contributed by atoms with Gasteiger partial charge in [-0.15, -0.1) is 0 Å². The number of phenolic OH excluding ortho intramolecular Hbond substituents is 1. The SMILES string of the molecule is CC(O)[C@H]1C(=O)N[C@H](Cc2ccc(O)cc2)C(=O)NCCCc2cccc3c2OC(CC3)CN[C@@H](C2CCCCC2)C(=O)N1C. The molecule has 0 aromatic heterocycles. The fourth-order valence-corrected chi connectivity index (χ4v) is 7.07.